The predicted molar refractivity (Wildman–Crippen MR) is 54.0 cm³/mol. The van der Waals surface area contributed by atoms with Gasteiger partial charge in [-0.2, -0.15) is 13.2 Å². The molecule has 0 amide bonds. The molecule has 0 radical (unpaired) electrons. The molecule has 2 aliphatic rings. The molecular weight excluding hydrogens is 219 g/mol. The second-order valence-corrected chi connectivity index (χ2v) is 5.29. The van der Waals surface area contributed by atoms with Gasteiger partial charge in [0.05, 0.1) is 0 Å². The first-order chi connectivity index (χ1) is 7.32. The topological polar surface area (TPSA) is 32.3 Å². The van der Waals surface area contributed by atoms with Crippen molar-refractivity contribution in [2.24, 2.45) is 5.92 Å². The maximum atomic E-state index is 12.5. The number of hydrogen-bond acceptors (Lipinski definition) is 2. The minimum absolute atomic E-state index is 0.151. The number of halogens is 3. The molecule has 2 N–H and O–H groups in total. The fraction of sp³-hybridized carbons (Fsp3) is 1.00. The molecule has 0 heterocycles. The second kappa shape index (κ2) is 3.88. The summed E-state index contributed by atoms with van der Waals surface area (Å²) in [4.78, 5) is 0. The van der Waals surface area contributed by atoms with Crippen molar-refractivity contribution in [3.05, 3.63) is 0 Å². The van der Waals surface area contributed by atoms with Gasteiger partial charge in [-0.05, 0) is 38.0 Å². The fourth-order valence-electron chi connectivity index (χ4n) is 2.40. The maximum absolute atomic E-state index is 12.5. The van der Waals surface area contributed by atoms with Crippen molar-refractivity contribution >= 4 is 0 Å². The van der Waals surface area contributed by atoms with Crippen LogP contribution in [-0.4, -0.2) is 29.0 Å². The summed E-state index contributed by atoms with van der Waals surface area (Å²) < 4.78 is 37.6. The lowest BCUT2D eigenvalue weighted by atomic mass is 9.81. The molecule has 2 unspecified atom stereocenters. The Hall–Kier alpha value is -0.290. The smallest absolute Gasteiger partial charge is 0.380 e. The third-order valence-corrected chi connectivity index (χ3v) is 3.90. The SMILES string of the molecule is CC1CC1NC1CCC(O)(C(F)(F)F)CC1. The number of rotatable bonds is 2. The molecule has 94 valence electrons. The lowest BCUT2D eigenvalue weighted by Crippen LogP contribution is -2.50. The van der Waals surface area contributed by atoms with Gasteiger partial charge in [-0.1, -0.05) is 6.92 Å². The average Bonchev–Trinajstić information content (AvgIpc) is 2.84. The van der Waals surface area contributed by atoms with Crippen LogP contribution in [0.1, 0.15) is 39.0 Å². The van der Waals surface area contributed by atoms with Gasteiger partial charge in [0.2, 0.25) is 0 Å². The molecule has 0 aromatic heterocycles. The van der Waals surface area contributed by atoms with E-state index in [1.54, 1.807) is 0 Å². The number of aliphatic hydroxyl groups is 1. The highest BCUT2D eigenvalue weighted by atomic mass is 19.4. The standard InChI is InChI=1S/C11H18F3NO/c1-7-6-9(7)15-8-2-4-10(16,5-3-8)11(12,13)14/h7-9,15-16H,2-6H2,1H3. The van der Waals surface area contributed by atoms with E-state index < -0.39 is 11.8 Å². The van der Waals surface area contributed by atoms with Crippen molar-refractivity contribution < 1.29 is 18.3 Å². The van der Waals surface area contributed by atoms with Gasteiger partial charge in [0, 0.05) is 12.1 Å². The molecule has 16 heavy (non-hydrogen) atoms. The Kier molecular flexibility index (Phi) is 2.95. The van der Waals surface area contributed by atoms with E-state index in [1.165, 1.54) is 0 Å². The summed E-state index contributed by atoms with van der Waals surface area (Å²) in [5.41, 5.74) is -2.44. The number of nitrogens with one attached hydrogen (secondary N) is 1. The molecule has 0 saturated heterocycles. The average molecular weight is 237 g/mol. The molecule has 2 nitrogen and oxygen atoms in total. The van der Waals surface area contributed by atoms with E-state index in [9.17, 15) is 18.3 Å². The van der Waals surface area contributed by atoms with Crippen molar-refractivity contribution in [2.45, 2.75) is 62.9 Å². The Labute approximate surface area is 93.2 Å². The predicted octanol–water partition coefficient (Wildman–Crippen LogP) is 2.22. The Morgan fingerprint density at radius 2 is 1.75 bits per heavy atom. The van der Waals surface area contributed by atoms with Crippen molar-refractivity contribution in [1.29, 1.82) is 0 Å². The van der Waals surface area contributed by atoms with Crippen LogP contribution in [-0.2, 0) is 0 Å². The van der Waals surface area contributed by atoms with Crippen LogP contribution in [0, 0.1) is 5.92 Å². The molecule has 2 saturated carbocycles. The van der Waals surface area contributed by atoms with Crippen molar-refractivity contribution in [3.63, 3.8) is 0 Å². The van der Waals surface area contributed by atoms with Crippen LogP contribution in [0.25, 0.3) is 0 Å². The molecule has 2 fully saturated rings. The summed E-state index contributed by atoms with van der Waals surface area (Å²) >= 11 is 0. The summed E-state index contributed by atoms with van der Waals surface area (Å²) in [5.74, 6) is 0.656. The molecule has 2 aliphatic carbocycles. The highest BCUT2D eigenvalue weighted by Crippen LogP contribution is 2.42. The van der Waals surface area contributed by atoms with Crippen LogP contribution in [0.3, 0.4) is 0 Å². The van der Waals surface area contributed by atoms with Crippen LogP contribution >= 0.6 is 0 Å². The minimum Gasteiger partial charge on any atom is -0.380 e. The quantitative estimate of drug-likeness (QED) is 0.771. The molecule has 5 heteroatoms. The van der Waals surface area contributed by atoms with E-state index in [0.29, 0.717) is 24.8 Å². The van der Waals surface area contributed by atoms with E-state index in [-0.39, 0.29) is 18.9 Å². The first-order valence-electron chi connectivity index (χ1n) is 5.87. The lowest BCUT2D eigenvalue weighted by molar-refractivity contribution is -0.270. The Bertz CT molecular complexity index is 258. The van der Waals surface area contributed by atoms with Gasteiger partial charge in [0.1, 0.15) is 0 Å². The van der Waals surface area contributed by atoms with Crippen LogP contribution in [0.5, 0.6) is 0 Å². The molecule has 2 rings (SSSR count). The van der Waals surface area contributed by atoms with Crippen molar-refractivity contribution in [3.8, 4) is 0 Å². The normalized spacial score (nSPS) is 44.4. The van der Waals surface area contributed by atoms with E-state index in [2.05, 4.69) is 12.2 Å². The van der Waals surface area contributed by atoms with Gasteiger partial charge in [0.25, 0.3) is 0 Å². The highest BCUT2D eigenvalue weighted by Gasteiger charge is 2.54. The molecule has 0 aliphatic heterocycles. The summed E-state index contributed by atoms with van der Waals surface area (Å²) in [6.07, 6.45) is -2.87. The second-order valence-electron chi connectivity index (χ2n) is 5.29. The van der Waals surface area contributed by atoms with E-state index in [1.807, 2.05) is 0 Å². The summed E-state index contributed by atoms with van der Waals surface area (Å²) in [6, 6.07) is 0.639. The van der Waals surface area contributed by atoms with Crippen molar-refractivity contribution in [2.75, 3.05) is 0 Å². The Morgan fingerprint density at radius 1 is 1.25 bits per heavy atom. The van der Waals surface area contributed by atoms with Crippen molar-refractivity contribution in [1.82, 2.24) is 5.32 Å². The third-order valence-electron chi connectivity index (χ3n) is 3.90. The Balaban J connectivity index is 1.82. The van der Waals surface area contributed by atoms with Crippen LogP contribution in [0.15, 0.2) is 0 Å². The van der Waals surface area contributed by atoms with Crippen LogP contribution in [0.2, 0.25) is 0 Å². The number of hydrogen-bond donors (Lipinski definition) is 2. The summed E-state index contributed by atoms with van der Waals surface area (Å²) in [6.45, 7) is 2.13. The maximum Gasteiger partial charge on any atom is 0.417 e. The molecule has 0 aromatic carbocycles. The van der Waals surface area contributed by atoms with E-state index in [0.717, 1.165) is 6.42 Å². The van der Waals surface area contributed by atoms with Gasteiger partial charge in [0.15, 0.2) is 5.60 Å². The fourth-order valence-corrected chi connectivity index (χ4v) is 2.40. The van der Waals surface area contributed by atoms with Crippen LogP contribution < -0.4 is 5.32 Å². The first kappa shape index (κ1) is 12.2. The largest absolute Gasteiger partial charge is 0.417 e. The zero-order valence-corrected chi connectivity index (χ0v) is 9.35. The first-order valence-corrected chi connectivity index (χ1v) is 5.87. The highest BCUT2D eigenvalue weighted by molar-refractivity contribution is 4.97. The van der Waals surface area contributed by atoms with Gasteiger partial charge in [-0.25, -0.2) is 0 Å². The summed E-state index contributed by atoms with van der Waals surface area (Å²) in [5, 5.41) is 12.8. The van der Waals surface area contributed by atoms with E-state index >= 15 is 0 Å². The summed E-state index contributed by atoms with van der Waals surface area (Å²) in [7, 11) is 0. The zero-order chi connectivity index (χ0) is 12.0. The number of alkyl halides is 3. The lowest BCUT2D eigenvalue weighted by Gasteiger charge is -2.37. The molecule has 0 bridgehead atoms. The molecule has 2 atom stereocenters. The Morgan fingerprint density at radius 3 is 2.12 bits per heavy atom. The van der Waals surface area contributed by atoms with E-state index in [4.69, 9.17) is 0 Å². The van der Waals surface area contributed by atoms with Gasteiger partial charge in [-0.3, -0.25) is 0 Å². The molecule has 0 spiro atoms. The van der Waals surface area contributed by atoms with Gasteiger partial charge in [-0.15, -0.1) is 0 Å². The zero-order valence-electron chi connectivity index (χ0n) is 9.35. The molecular formula is C11H18F3NO. The van der Waals surface area contributed by atoms with Gasteiger partial charge >= 0.3 is 6.18 Å². The van der Waals surface area contributed by atoms with Gasteiger partial charge < -0.3 is 10.4 Å². The third kappa shape index (κ3) is 2.35. The molecule has 0 aromatic rings. The van der Waals surface area contributed by atoms with Crippen LogP contribution in [0.4, 0.5) is 13.2 Å². The monoisotopic (exact) mass is 237 g/mol. The minimum atomic E-state index is -4.48.